The second-order valence-electron chi connectivity index (χ2n) is 5.44. The Morgan fingerprint density at radius 1 is 1.10 bits per heavy atom. The van der Waals surface area contributed by atoms with Crippen molar-refractivity contribution in [1.82, 2.24) is 4.72 Å². The summed E-state index contributed by atoms with van der Waals surface area (Å²) >= 11 is 0. The summed E-state index contributed by atoms with van der Waals surface area (Å²) in [6.45, 7) is 0.881. The van der Waals surface area contributed by atoms with Gasteiger partial charge in [0.25, 0.3) is 0 Å². The van der Waals surface area contributed by atoms with Crippen LogP contribution < -0.4 is 10.5 Å². The minimum atomic E-state index is -3.39. The van der Waals surface area contributed by atoms with Crippen LogP contribution in [-0.4, -0.2) is 21.5 Å². The van der Waals surface area contributed by atoms with E-state index in [-0.39, 0.29) is 12.4 Å². The molecule has 21 heavy (non-hydrogen) atoms. The molecule has 0 spiro atoms. The molecule has 0 saturated heterocycles. The summed E-state index contributed by atoms with van der Waals surface area (Å²) in [5.74, 6) is 0.603. The maximum Gasteiger partial charge on any atom is 0.240 e. The third-order valence-electron chi connectivity index (χ3n) is 3.94. The lowest BCUT2D eigenvalue weighted by Gasteiger charge is -2.22. The largest absolute Gasteiger partial charge is 0.330 e. The van der Waals surface area contributed by atoms with E-state index >= 15 is 0 Å². The molecule has 1 saturated carbocycles. The minimum Gasteiger partial charge on any atom is -0.330 e. The van der Waals surface area contributed by atoms with Crippen LogP contribution in [0.3, 0.4) is 0 Å². The number of halogens is 1. The highest BCUT2D eigenvalue weighted by atomic mass is 35.5. The first-order chi connectivity index (χ1) is 9.63. The molecule has 0 atom stereocenters. The Kier molecular flexibility index (Phi) is 7.66. The molecule has 1 aromatic carbocycles. The second-order valence-corrected chi connectivity index (χ2v) is 7.21. The standard InChI is InChI=1S/C15H24N2O2S.ClH/c16-11-4-12-17-20(18,19)15-9-7-14(8-10-15)13-5-2-1-3-6-13;/h7-10,13,17H,1-6,11-12,16H2;1H. The van der Waals surface area contributed by atoms with Crippen molar-refractivity contribution in [2.24, 2.45) is 5.73 Å². The summed E-state index contributed by atoms with van der Waals surface area (Å²) in [7, 11) is -3.39. The van der Waals surface area contributed by atoms with E-state index in [9.17, 15) is 8.42 Å². The van der Waals surface area contributed by atoms with E-state index in [0.29, 0.717) is 30.3 Å². The molecule has 0 unspecified atom stereocenters. The summed E-state index contributed by atoms with van der Waals surface area (Å²) in [6.07, 6.45) is 6.99. The second kappa shape index (κ2) is 8.73. The monoisotopic (exact) mass is 332 g/mol. The van der Waals surface area contributed by atoms with E-state index in [1.54, 1.807) is 12.1 Å². The average molecular weight is 333 g/mol. The van der Waals surface area contributed by atoms with E-state index in [0.717, 1.165) is 0 Å². The number of hydrogen-bond donors (Lipinski definition) is 2. The molecular weight excluding hydrogens is 308 g/mol. The molecule has 0 aromatic heterocycles. The van der Waals surface area contributed by atoms with Crippen LogP contribution in [0.15, 0.2) is 29.2 Å². The number of hydrogen-bond acceptors (Lipinski definition) is 3. The lowest BCUT2D eigenvalue weighted by Crippen LogP contribution is -2.26. The third-order valence-corrected chi connectivity index (χ3v) is 5.42. The lowest BCUT2D eigenvalue weighted by atomic mass is 9.84. The van der Waals surface area contributed by atoms with Crippen molar-refractivity contribution in [3.8, 4) is 0 Å². The summed E-state index contributed by atoms with van der Waals surface area (Å²) in [6, 6.07) is 7.37. The van der Waals surface area contributed by atoms with Crippen LogP contribution >= 0.6 is 12.4 Å². The Hall–Kier alpha value is -0.620. The zero-order chi connectivity index (χ0) is 14.4. The van der Waals surface area contributed by atoms with Gasteiger partial charge in [0.2, 0.25) is 10.0 Å². The van der Waals surface area contributed by atoms with Gasteiger partial charge in [0, 0.05) is 6.54 Å². The van der Waals surface area contributed by atoms with Gasteiger partial charge in [0.05, 0.1) is 4.90 Å². The smallest absolute Gasteiger partial charge is 0.240 e. The van der Waals surface area contributed by atoms with Gasteiger partial charge in [-0.2, -0.15) is 0 Å². The highest BCUT2D eigenvalue weighted by Gasteiger charge is 2.17. The fourth-order valence-electron chi connectivity index (χ4n) is 2.75. The van der Waals surface area contributed by atoms with E-state index < -0.39 is 10.0 Å². The molecule has 1 aliphatic rings. The fraction of sp³-hybridized carbons (Fsp3) is 0.600. The Morgan fingerprint density at radius 2 is 1.71 bits per heavy atom. The first-order valence-corrected chi connectivity index (χ1v) is 8.91. The predicted octanol–water partition coefficient (Wildman–Crippen LogP) is 2.78. The molecule has 0 radical (unpaired) electrons. The molecule has 0 amide bonds. The normalized spacial score (nSPS) is 16.4. The van der Waals surface area contributed by atoms with Gasteiger partial charge >= 0.3 is 0 Å². The zero-order valence-electron chi connectivity index (χ0n) is 12.3. The topological polar surface area (TPSA) is 72.2 Å². The van der Waals surface area contributed by atoms with Gasteiger partial charge in [-0.05, 0) is 49.4 Å². The van der Waals surface area contributed by atoms with Crippen molar-refractivity contribution in [2.45, 2.75) is 49.3 Å². The molecule has 3 N–H and O–H groups in total. The van der Waals surface area contributed by atoms with Crippen LogP contribution in [0.25, 0.3) is 0 Å². The maximum atomic E-state index is 12.0. The van der Waals surface area contributed by atoms with Crippen molar-refractivity contribution in [3.63, 3.8) is 0 Å². The number of rotatable bonds is 6. The highest BCUT2D eigenvalue weighted by Crippen LogP contribution is 2.32. The van der Waals surface area contributed by atoms with E-state index in [1.807, 2.05) is 12.1 Å². The minimum absolute atomic E-state index is 0. The highest BCUT2D eigenvalue weighted by molar-refractivity contribution is 7.89. The van der Waals surface area contributed by atoms with Crippen molar-refractivity contribution in [1.29, 1.82) is 0 Å². The number of nitrogens with one attached hydrogen (secondary N) is 1. The van der Waals surface area contributed by atoms with Crippen molar-refractivity contribution in [2.75, 3.05) is 13.1 Å². The third kappa shape index (κ3) is 5.25. The Balaban J connectivity index is 0.00000220. The van der Waals surface area contributed by atoms with Gasteiger partial charge in [0.15, 0.2) is 0 Å². The molecule has 0 heterocycles. The van der Waals surface area contributed by atoms with Crippen molar-refractivity contribution >= 4 is 22.4 Å². The van der Waals surface area contributed by atoms with Crippen molar-refractivity contribution < 1.29 is 8.42 Å². The molecule has 1 aliphatic carbocycles. The van der Waals surface area contributed by atoms with Gasteiger partial charge in [-0.15, -0.1) is 12.4 Å². The average Bonchev–Trinajstić information content (AvgIpc) is 2.48. The Labute approximate surface area is 134 Å². The zero-order valence-corrected chi connectivity index (χ0v) is 13.9. The SMILES string of the molecule is Cl.NCCCNS(=O)(=O)c1ccc(C2CCCCC2)cc1. The Morgan fingerprint density at radius 3 is 2.29 bits per heavy atom. The van der Waals surface area contributed by atoms with Crippen LogP contribution in [0.4, 0.5) is 0 Å². The van der Waals surface area contributed by atoms with E-state index in [1.165, 1.54) is 37.7 Å². The van der Waals surface area contributed by atoms with E-state index in [2.05, 4.69) is 4.72 Å². The first-order valence-electron chi connectivity index (χ1n) is 7.43. The van der Waals surface area contributed by atoms with E-state index in [4.69, 9.17) is 5.73 Å². The maximum absolute atomic E-state index is 12.0. The predicted molar refractivity (Wildman–Crippen MR) is 88.4 cm³/mol. The summed E-state index contributed by atoms with van der Waals surface area (Å²) < 4.78 is 26.7. The van der Waals surface area contributed by atoms with Crippen LogP contribution in [-0.2, 0) is 10.0 Å². The van der Waals surface area contributed by atoms with Gasteiger partial charge in [0.1, 0.15) is 0 Å². The molecule has 0 aliphatic heterocycles. The molecule has 2 rings (SSSR count). The Bertz CT molecular complexity index is 511. The fourth-order valence-corrected chi connectivity index (χ4v) is 3.82. The molecule has 1 aromatic rings. The number of nitrogens with two attached hydrogens (primary N) is 1. The van der Waals surface area contributed by atoms with Crippen LogP contribution in [0.2, 0.25) is 0 Å². The summed E-state index contributed by atoms with van der Waals surface area (Å²) in [4.78, 5) is 0.342. The summed E-state index contributed by atoms with van der Waals surface area (Å²) in [5.41, 5.74) is 6.63. The van der Waals surface area contributed by atoms with Crippen molar-refractivity contribution in [3.05, 3.63) is 29.8 Å². The van der Waals surface area contributed by atoms with Crippen LogP contribution in [0.5, 0.6) is 0 Å². The molecule has 120 valence electrons. The van der Waals surface area contributed by atoms with Crippen LogP contribution in [0, 0.1) is 0 Å². The first kappa shape index (κ1) is 18.4. The van der Waals surface area contributed by atoms with Gasteiger partial charge in [-0.3, -0.25) is 0 Å². The quantitative estimate of drug-likeness (QED) is 0.787. The molecule has 1 fully saturated rings. The molecular formula is C15H25ClN2O2S. The van der Waals surface area contributed by atoms with Gasteiger partial charge in [-0.1, -0.05) is 31.4 Å². The molecule has 6 heteroatoms. The number of benzene rings is 1. The summed E-state index contributed by atoms with van der Waals surface area (Å²) in [5, 5.41) is 0. The van der Waals surface area contributed by atoms with Gasteiger partial charge in [-0.25, -0.2) is 13.1 Å². The van der Waals surface area contributed by atoms with Gasteiger partial charge < -0.3 is 5.73 Å². The van der Waals surface area contributed by atoms with Crippen LogP contribution in [0.1, 0.15) is 50.0 Å². The molecule has 0 bridgehead atoms. The number of sulfonamides is 1. The molecule has 4 nitrogen and oxygen atoms in total. The lowest BCUT2D eigenvalue weighted by molar-refractivity contribution is 0.443.